The van der Waals surface area contributed by atoms with Crippen LogP contribution in [0.4, 0.5) is 5.69 Å². The summed E-state index contributed by atoms with van der Waals surface area (Å²) in [5, 5.41) is 10.7. The van der Waals surface area contributed by atoms with Crippen LogP contribution in [0, 0.1) is 10.1 Å². The maximum atomic E-state index is 11.8. The van der Waals surface area contributed by atoms with E-state index >= 15 is 0 Å². The monoisotopic (exact) mass is 351 g/mol. The topological polar surface area (TPSA) is 94.6 Å². The van der Waals surface area contributed by atoms with Crippen molar-refractivity contribution < 1.29 is 14.5 Å². The van der Waals surface area contributed by atoms with Crippen molar-refractivity contribution in [3.63, 3.8) is 0 Å². The Hall–Kier alpha value is -2.26. The molecule has 1 aromatic carbocycles. The predicted octanol–water partition coefficient (Wildman–Crippen LogP) is 2.50. The Kier molecular flexibility index (Phi) is 5.45. The van der Waals surface area contributed by atoms with Gasteiger partial charge in [0.05, 0.1) is 20.9 Å². The molecule has 0 saturated heterocycles. The third-order valence-corrected chi connectivity index (χ3v) is 4.65. The molecule has 0 N–H and O–H groups in total. The Bertz CT molecular complexity index is 867. The minimum atomic E-state index is -0.470. The Morgan fingerprint density at radius 1 is 1.52 bits per heavy atom. The molecule has 1 heterocycles. The maximum absolute atomic E-state index is 11.8. The van der Waals surface area contributed by atoms with Gasteiger partial charge in [0, 0.05) is 25.6 Å². The molecule has 9 heteroatoms. The second-order valence-corrected chi connectivity index (χ2v) is 6.64. The van der Waals surface area contributed by atoms with Gasteiger partial charge < -0.3 is 4.57 Å². The molecular weight excluding hydrogens is 338 g/mol. The van der Waals surface area contributed by atoms with Crippen molar-refractivity contribution in [2.24, 2.45) is 4.99 Å². The number of nitrogens with zero attached hydrogens (tertiary/aromatic N) is 3. The van der Waals surface area contributed by atoms with Crippen molar-refractivity contribution in [3.8, 4) is 0 Å². The van der Waals surface area contributed by atoms with E-state index in [9.17, 15) is 19.7 Å². The molecule has 0 unspecified atom stereocenters. The number of carbonyl (C=O) groups is 2. The van der Waals surface area contributed by atoms with E-state index in [1.54, 1.807) is 16.7 Å². The van der Waals surface area contributed by atoms with Crippen molar-refractivity contribution >= 4 is 50.0 Å². The second-order valence-electron chi connectivity index (χ2n) is 4.48. The number of allylic oxidation sites excluding steroid dienone is 1. The minimum Gasteiger partial charge on any atom is -0.312 e. The summed E-state index contributed by atoms with van der Waals surface area (Å²) in [7, 11) is 0. The predicted molar refractivity (Wildman–Crippen MR) is 90.4 cm³/mol. The van der Waals surface area contributed by atoms with Gasteiger partial charge in [0.1, 0.15) is 0 Å². The first-order chi connectivity index (χ1) is 10.9. The molecule has 1 amide bonds. The van der Waals surface area contributed by atoms with Crippen LogP contribution in [0.1, 0.15) is 6.92 Å². The zero-order valence-electron chi connectivity index (χ0n) is 12.2. The number of amides is 1. The lowest BCUT2D eigenvalue weighted by Gasteiger charge is -2.00. The van der Waals surface area contributed by atoms with Crippen LogP contribution in [-0.2, 0) is 16.1 Å². The van der Waals surface area contributed by atoms with E-state index in [1.807, 2.05) is 0 Å². The lowest BCUT2D eigenvalue weighted by Crippen LogP contribution is -2.17. The van der Waals surface area contributed by atoms with Crippen LogP contribution in [0.2, 0.25) is 0 Å². The number of aromatic nitrogens is 1. The van der Waals surface area contributed by atoms with Crippen LogP contribution in [0.25, 0.3) is 10.2 Å². The van der Waals surface area contributed by atoms with Crippen LogP contribution in [0.3, 0.4) is 0 Å². The highest BCUT2D eigenvalue weighted by Crippen LogP contribution is 2.23. The molecule has 0 aliphatic heterocycles. The highest BCUT2D eigenvalue weighted by Gasteiger charge is 2.12. The SMILES string of the molecule is C=CCn1c(=NC(=O)CSC(C)=O)sc2cc([N+](=O)[O-])ccc21. The number of hydrogen-bond acceptors (Lipinski definition) is 6. The lowest BCUT2D eigenvalue weighted by molar-refractivity contribution is -0.384. The molecule has 0 atom stereocenters. The maximum Gasteiger partial charge on any atom is 0.270 e. The number of thiazole rings is 1. The van der Waals surface area contributed by atoms with Gasteiger partial charge in [-0.3, -0.25) is 19.7 Å². The first-order valence-corrected chi connectivity index (χ1v) is 8.32. The third-order valence-electron chi connectivity index (χ3n) is 2.81. The normalized spacial score (nSPS) is 11.6. The van der Waals surface area contributed by atoms with Crippen LogP contribution in [0.5, 0.6) is 0 Å². The highest BCUT2D eigenvalue weighted by atomic mass is 32.2. The number of carbonyl (C=O) groups excluding carboxylic acids is 2. The molecule has 23 heavy (non-hydrogen) atoms. The number of non-ortho nitro benzene ring substituents is 1. The van der Waals surface area contributed by atoms with Crippen LogP contribution in [-0.4, -0.2) is 26.3 Å². The van der Waals surface area contributed by atoms with E-state index in [4.69, 9.17) is 0 Å². The quantitative estimate of drug-likeness (QED) is 0.468. The molecule has 2 rings (SSSR count). The number of fused-ring (bicyclic) bond motifs is 1. The second kappa shape index (κ2) is 7.34. The first kappa shape index (κ1) is 17.1. The number of benzene rings is 1. The van der Waals surface area contributed by atoms with Crippen molar-refractivity contribution in [2.75, 3.05) is 5.75 Å². The summed E-state index contributed by atoms with van der Waals surface area (Å²) >= 11 is 2.08. The largest absolute Gasteiger partial charge is 0.312 e. The van der Waals surface area contributed by atoms with Crippen molar-refractivity contribution in [2.45, 2.75) is 13.5 Å². The fourth-order valence-electron chi connectivity index (χ4n) is 1.87. The molecule has 0 saturated carbocycles. The van der Waals surface area contributed by atoms with Gasteiger partial charge in [-0.1, -0.05) is 29.2 Å². The minimum absolute atomic E-state index is 0.0190. The Morgan fingerprint density at radius 2 is 2.26 bits per heavy atom. The standard InChI is InChI=1S/C14H13N3O4S2/c1-3-6-16-11-5-4-10(17(20)21)7-12(11)23-14(16)15-13(19)8-22-9(2)18/h3-5,7H,1,6,8H2,2H3. The average Bonchev–Trinajstić information content (AvgIpc) is 2.82. The molecule has 0 spiro atoms. The Labute approximate surface area is 139 Å². The van der Waals surface area contributed by atoms with E-state index < -0.39 is 10.8 Å². The summed E-state index contributed by atoms with van der Waals surface area (Å²) in [6.45, 7) is 5.47. The van der Waals surface area contributed by atoms with E-state index in [0.29, 0.717) is 16.0 Å². The molecule has 0 aliphatic rings. The average molecular weight is 351 g/mol. The molecule has 1 aromatic heterocycles. The number of nitro groups is 1. The smallest absolute Gasteiger partial charge is 0.270 e. The number of nitro benzene ring substituents is 1. The summed E-state index contributed by atoms with van der Waals surface area (Å²) in [5.74, 6) is -0.457. The number of hydrogen-bond donors (Lipinski definition) is 0. The zero-order valence-corrected chi connectivity index (χ0v) is 13.9. The highest BCUT2D eigenvalue weighted by molar-refractivity contribution is 8.14. The van der Waals surface area contributed by atoms with E-state index in [-0.39, 0.29) is 16.6 Å². The van der Waals surface area contributed by atoms with Crippen LogP contribution in [0.15, 0.2) is 35.8 Å². The summed E-state index contributed by atoms with van der Waals surface area (Å²) in [4.78, 5) is 37.6. The van der Waals surface area contributed by atoms with Crippen LogP contribution >= 0.6 is 23.1 Å². The van der Waals surface area contributed by atoms with E-state index in [1.165, 1.54) is 30.4 Å². The molecular formula is C14H13N3O4S2. The molecule has 0 fully saturated rings. The summed E-state index contributed by atoms with van der Waals surface area (Å²) in [6, 6.07) is 4.49. The van der Waals surface area contributed by atoms with Gasteiger partial charge in [0.25, 0.3) is 11.6 Å². The third kappa shape index (κ3) is 4.14. The number of rotatable bonds is 5. The first-order valence-electron chi connectivity index (χ1n) is 6.52. The summed E-state index contributed by atoms with van der Waals surface area (Å²) in [5.41, 5.74) is 0.723. The lowest BCUT2D eigenvalue weighted by atomic mass is 10.3. The van der Waals surface area contributed by atoms with E-state index in [2.05, 4.69) is 11.6 Å². The zero-order chi connectivity index (χ0) is 17.0. The Morgan fingerprint density at radius 3 is 2.87 bits per heavy atom. The van der Waals surface area contributed by atoms with Gasteiger partial charge in [-0.2, -0.15) is 4.99 Å². The van der Waals surface area contributed by atoms with Gasteiger partial charge >= 0.3 is 0 Å². The van der Waals surface area contributed by atoms with E-state index in [0.717, 1.165) is 17.3 Å². The van der Waals surface area contributed by atoms with Gasteiger partial charge in [-0.25, -0.2) is 0 Å². The summed E-state index contributed by atoms with van der Waals surface area (Å²) < 4.78 is 2.42. The molecule has 7 nitrogen and oxygen atoms in total. The fourth-order valence-corrected chi connectivity index (χ4v) is 3.35. The molecule has 0 bridgehead atoms. The molecule has 0 radical (unpaired) electrons. The van der Waals surface area contributed by atoms with Gasteiger partial charge in [0.15, 0.2) is 9.92 Å². The van der Waals surface area contributed by atoms with Crippen molar-refractivity contribution in [3.05, 3.63) is 45.8 Å². The molecule has 0 aliphatic carbocycles. The van der Waals surface area contributed by atoms with Gasteiger partial charge in [0.2, 0.25) is 0 Å². The molecule has 120 valence electrons. The molecule has 2 aromatic rings. The summed E-state index contributed by atoms with van der Waals surface area (Å²) in [6.07, 6.45) is 1.65. The Balaban J connectivity index is 2.51. The number of thioether (sulfide) groups is 1. The van der Waals surface area contributed by atoms with Crippen molar-refractivity contribution in [1.82, 2.24) is 4.57 Å². The van der Waals surface area contributed by atoms with Crippen molar-refractivity contribution in [1.29, 1.82) is 0 Å². The van der Waals surface area contributed by atoms with Gasteiger partial charge in [-0.05, 0) is 6.07 Å². The van der Waals surface area contributed by atoms with Crippen LogP contribution < -0.4 is 4.80 Å². The fraction of sp³-hybridized carbons (Fsp3) is 0.214. The van der Waals surface area contributed by atoms with Gasteiger partial charge in [-0.15, -0.1) is 6.58 Å².